The van der Waals surface area contributed by atoms with Gasteiger partial charge in [-0.2, -0.15) is 5.10 Å². The Hall–Kier alpha value is -3.82. The van der Waals surface area contributed by atoms with Crippen molar-refractivity contribution in [3.8, 4) is 5.75 Å². The maximum Gasteiger partial charge on any atom is 0.277 e. The third-order valence-electron chi connectivity index (χ3n) is 2.90. The average Bonchev–Trinajstić information content (AvgIpc) is 2.60. The van der Waals surface area contributed by atoms with Gasteiger partial charge in [0.25, 0.3) is 17.3 Å². The largest absolute Gasteiger partial charge is 0.484 e. The lowest BCUT2D eigenvalue weighted by atomic mass is 10.2. The number of ether oxygens (including phenoxy) is 1. The molecule has 0 aliphatic heterocycles. The van der Waals surface area contributed by atoms with E-state index in [2.05, 4.69) is 10.5 Å². The van der Waals surface area contributed by atoms with E-state index in [1.165, 1.54) is 48.7 Å². The number of non-ortho nitro benzene ring substituents is 2. The molecule has 0 atom stereocenters. The normalized spacial score (nSPS) is 10.4. The molecule has 10 nitrogen and oxygen atoms in total. The molecule has 1 N–H and O–H groups in total. The van der Waals surface area contributed by atoms with Crippen LogP contribution in [0.1, 0.15) is 5.56 Å². The SMILES string of the molecule is O=C(COc1ccc([N+](=O)[O-])cc1)N/N=C\c1cccc([N+](=O)[O-])c1. The fourth-order valence-electron chi connectivity index (χ4n) is 1.74. The fraction of sp³-hybridized carbons (Fsp3) is 0.0667. The monoisotopic (exact) mass is 344 g/mol. The lowest BCUT2D eigenvalue weighted by Gasteiger charge is -2.04. The number of carbonyl (C=O) groups excluding carboxylic acids is 1. The van der Waals surface area contributed by atoms with Crippen molar-refractivity contribution in [1.82, 2.24) is 5.43 Å². The maximum absolute atomic E-state index is 11.6. The molecule has 0 saturated carbocycles. The second-order valence-electron chi connectivity index (χ2n) is 4.68. The molecule has 128 valence electrons. The predicted molar refractivity (Wildman–Crippen MR) is 87.4 cm³/mol. The standard InChI is InChI=1S/C15H12N4O6/c20-15(10-25-14-6-4-12(5-7-14)18(21)22)17-16-9-11-2-1-3-13(8-11)19(23)24/h1-9H,10H2,(H,17,20)/b16-9-. The van der Waals surface area contributed by atoms with Gasteiger partial charge in [-0.25, -0.2) is 5.43 Å². The third-order valence-corrected chi connectivity index (χ3v) is 2.90. The van der Waals surface area contributed by atoms with Crippen LogP contribution in [0, 0.1) is 20.2 Å². The molecule has 0 aromatic heterocycles. The number of nitrogens with one attached hydrogen (secondary N) is 1. The summed E-state index contributed by atoms with van der Waals surface area (Å²) >= 11 is 0. The Bertz CT molecular complexity index is 819. The molecule has 0 heterocycles. The molecule has 0 radical (unpaired) electrons. The first-order valence-electron chi connectivity index (χ1n) is 6.89. The summed E-state index contributed by atoms with van der Waals surface area (Å²) in [6, 6.07) is 11.0. The Morgan fingerprint density at radius 3 is 2.40 bits per heavy atom. The zero-order chi connectivity index (χ0) is 18.2. The molecule has 1 amide bonds. The minimum absolute atomic E-state index is 0.0849. The Morgan fingerprint density at radius 2 is 1.76 bits per heavy atom. The lowest BCUT2D eigenvalue weighted by Crippen LogP contribution is -2.24. The van der Waals surface area contributed by atoms with E-state index in [0.29, 0.717) is 11.3 Å². The molecule has 0 aliphatic carbocycles. The van der Waals surface area contributed by atoms with Crippen LogP contribution in [0.5, 0.6) is 5.75 Å². The highest BCUT2D eigenvalue weighted by Gasteiger charge is 2.06. The quantitative estimate of drug-likeness (QED) is 0.463. The Morgan fingerprint density at radius 1 is 1.08 bits per heavy atom. The second-order valence-corrected chi connectivity index (χ2v) is 4.68. The van der Waals surface area contributed by atoms with Crippen molar-refractivity contribution >= 4 is 23.5 Å². The summed E-state index contributed by atoms with van der Waals surface area (Å²) in [5, 5.41) is 24.8. The summed E-state index contributed by atoms with van der Waals surface area (Å²) in [6.07, 6.45) is 1.26. The molecule has 0 unspecified atom stereocenters. The molecule has 10 heteroatoms. The molecule has 0 spiro atoms. The van der Waals surface area contributed by atoms with E-state index in [9.17, 15) is 25.0 Å². The second kappa shape index (κ2) is 8.15. The molecule has 0 fully saturated rings. The van der Waals surface area contributed by atoms with Gasteiger partial charge in [0.15, 0.2) is 6.61 Å². The molecule has 25 heavy (non-hydrogen) atoms. The van der Waals surface area contributed by atoms with Crippen LogP contribution in [0.4, 0.5) is 11.4 Å². The van der Waals surface area contributed by atoms with Crippen molar-refractivity contribution in [1.29, 1.82) is 0 Å². The van der Waals surface area contributed by atoms with Gasteiger partial charge in [-0.15, -0.1) is 0 Å². The van der Waals surface area contributed by atoms with Crippen LogP contribution in [-0.4, -0.2) is 28.6 Å². The summed E-state index contributed by atoms with van der Waals surface area (Å²) in [7, 11) is 0. The van der Waals surface area contributed by atoms with Gasteiger partial charge in [0.05, 0.1) is 16.1 Å². The van der Waals surface area contributed by atoms with Crippen LogP contribution in [-0.2, 0) is 4.79 Å². The van der Waals surface area contributed by atoms with Crippen molar-refractivity contribution < 1.29 is 19.4 Å². The topological polar surface area (TPSA) is 137 Å². The van der Waals surface area contributed by atoms with Crippen LogP contribution in [0.2, 0.25) is 0 Å². The Labute approximate surface area is 141 Å². The molecule has 0 bridgehead atoms. The predicted octanol–water partition coefficient (Wildman–Crippen LogP) is 2.03. The minimum atomic E-state index is -0.556. The number of benzene rings is 2. The third kappa shape index (κ3) is 5.39. The number of nitrogens with zero attached hydrogens (tertiary/aromatic N) is 3. The molecule has 2 aromatic carbocycles. The highest BCUT2D eigenvalue weighted by atomic mass is 16.6. The van der Waals surface area contributed by atoms with E-state index in [0.717, 1.165) is 0 Å². The van der Waals surface area contributed by atoms with Gasteiger partial charge in [-0.1, -0.05) is 12.1 Å². The molecule has 2 rings (SSSR count). The zero-order valence-electron chi connectivity index (χ0n) is 12.7. The van der Waals surface area contributed by atoms with Gasteiger partial charge in [0.2, 0.25) is 0 Å². The summed E-state index contributed by atoms with van der Waals surface area (Å²) in [6.45, 7) is -0.343. The van der Waals surface area contributed by atoms with Gasteiger partial charge < -0.3 is 4.74 Å². The first-order chi connectivity index (χ1) is 12.0. The van der Waals surface area contributed by atoms with Crippen molar-refractivity contribution in [2.75, 3.05) is 6.61 Å². The highest BCUT2D eigenvalue weighted by Crippen LogP contribution is 2.17. The molecular weight excluding hydrogens is 332 g/mol. The van der Waals surface area contributed by atoms with E-state index in [-0.39, 0.29) is 18.0 Å². The van der Waals surface area contributed by atoms with Crippen molar-refractivity contribution in [2.45, 2.75) is 0 Å². The van der Waals surface area contributed by atoms with E-state index in [4.69, 9.17) is 4.74 Å². The number of amides is 1. The molecule has 0 aliphatic rings. The Kier molecular flexibility index (Phi) is 5.72. The van der Waals surface area contributed by atoms with E-state index in [1.807, 2.05) is 0 Å². The van der Waals surface area contributed by atoms with Crippen LogP contribution in [0.15, 0.2) is 53.6 Å². The van der Waals surface area contributed by atoms with Crippen molar-refractivity contribution in [2.24, 2.45) is 5.10 Å². The van der Waals surface area contributed by atoms with Crippen LogP contribution in [0.25, 0.3) is 0 Å². The molecular formula is C15H12N4O6. The number of hydrogen-bond acceptors (Lipinski definition) is 7. The first kappa shape index (κ1) is 17.5. The molecule has 0 saturated heterocycles. The smallest absolute Gasteiger partial charge is 0.277 e. The Balaban J connectivity index is 1.83. The number of hydrazone groups is 1. The van der Waals surface area contributed by atoms with Gasteiger partial charge in [-0.05, 0) is 12.1 Å². The summed E-state index contributed by atoms with van der Waals surface area (Å²) in [5.74, 6) is -0.261. The van der Waals surface area contributed by atoms with E-state index in [1.54, 1.807) is 6.07 Å². The van der Waals surface area contributed by atoms with Crippen LogP contribution < -0.4 is 10.2 Å². The summed E-state index contributed by atoms with van der Waals surface area (Å²) < 4.78 is 5.16. The molecule has 2 aromatic rings. The minimum Gasteiger partial charge on any atom is -0.484 e. The average molecular weight is 344 g/mol. The number of nitro benzene ring substituents is 2. The van der Waals surface area contributed by atoms with Gasteiger partial charge in [0.1, 0.15) is 5.75 Å². The van der Waals surface area contributed by atoms with Gasteiger partial charge >= 0.3 is 0 Å². The highest BCUT2D eigenvalue weighted by molar-refractivity contribution is 5.83. The summed E-state index contributed by atoms with van der Waals surface area (Å²) in [5.41, 5.74) is 2.49. The lowest BCUT2D eigenvalue weighted by molar-refractivity contribution is -0.385. The number of hydrogen-bond donors (Lipinski definition) is 1. The first-order valence-corrected chi connectivity index (χ1v) is 6.89. The zero-order valence-corrected chi connectivity index (χ0v) is 12.7. The van der Waals surface area contributed by atoms with Crippen LogP contribution >= 0.6 is 0 Å². The van der Waals surface area contributed by atoms with E-state index >= 15 is 0 Å². The number of carbonyl (C=O) groups is 1. The van der Waals surface area contributed by atoms with Crippen LogP contribution in [0.3, 0.4) is 0 Å². The number of nitro groups is 2. The van der Waals surface area contributed by atoms with Gasteiger partial charge in [-0.3, -0.25) is 25.0 Å². The van der Waals surface area contributed by atoms with Crippen molar-refractivity contribution in [3.05, 3.63) is 74.3 Å². The van der Waals surface area contributed by atoms with Crippen molar-refractivity contribution in [3.63, 3.8) is 0 Å². The number of rotatable bonds is 7. The van der Waals surface area contributed by atoms with E-state index < -0.39 is 15.8 Å². The van der Waals surface area contributed by atoms with Gasteiger partial charge in [0, 0.05) is 29.8 Å². The summed E-state index contributed by atoms with van der Waals surface area (Å²) in [4.78, 5) is 31.7. The fourth-order valence-corrected chi connectivity index (χ4v) is 1.74. The maximum atomic E-state index is 11.6.